The summed E-state index contributed by atoms with van der Waals surface area (Å²) in [4.78, 5) is 18.7. The molecule has 3 aromatic rings. The van der Waals surface area contributed by atoms with Gasteiger partial charge in [-0.3, -0.25) is 9.69 Å². The highest BCUT2D eigenvalue weighted by Gasteiger charge is 2.51. The van der Waals surface area contributed by atoms with Crippen LogP contribution < -0.4 is 0 Å². The van der Waals surface area contributed by atoms with Crippen molar-refractivity contribution in [3.8, 4) is 0 Å². The summed E-state index contributed by atoms with van der Waals surface area (Å²) in [7, 11) is -3.11. The summed E-state index contributed by atoms with van der Waals surface area (Å²) < 4.78 is 64.0. The monoisotopic (exact) mass is 555 g/mol. The molecule has 1 aliphatic heterocycles. The molecule has 0 bridgehead atoms. The van der Waals surface area contributed by atoms with E-state index in [4.69, 9.17) is 16.6 Å². The van der Waals surface area contributed by atoms with Crippen molar-refractivity contribution in [2.24, 2.45) is 0 Å². The van der Waals surface area contributed by atoms with Crippen LogP contribution in [0.2, 0.25) is 5.02 Å². The number of alkyl halides is 3. The molecule has 2 aromatic carbocycles. The molecular weight excluding hydrogens is 527 g/mol. The molecular formula is C26H29ClF3N3O3S. The number of hydrogen-bond acceptors (Lipinski definition) is 5. The first-order valence-corrected chi connectivity index (χ1v) is 14.4. The van der Waals surface area contributed by atoms with Crippen LogP contribution in [0, 0.1) is 0 Å². The molecule has 6 nitrogen and oxygen atoms in total. The second-order valence-electron chi connectivity index (χ2n) is 9.85. The van der Waals surface area contributed by atoms with Crippen LogP contribution in [-0.4, -0.2) is 66.5 Å². The van der Waals surface area contributed by atoms with Crippen LogP contribution in [0.4, 0.5) is 13.2 Å². The van der Waals surface area contributed by atoms with Crippen molar-refractivity contribution in [3.63, 3.8) is 0 Å². The number of aryl methyl sites for hydroxylation is 3. The van der Waals surface area contributed by atoms with Crippen molar-refractivity contribution >= 4 is 38.3 Å². The maximum absolute atomic E-state index is 12.9. The third-order valence-electron chi connectivity index (χ3n) is 6.90. The van der Waals surface area contributed by atoms with Crippen molar-refractivity contribution in [1.29, 1.82) is 0 Å². The minimum Gasteiger partial charge on any atom is -0.328 e. The van der Waals surface area contributed by atoms with Gasteiger partial charge in [-0.15, -0.1) is 0 Å². The fraction of sp³-hybridized carbons (Fsp3) is 0.462. The van der Waals surface area contributed by atoms with E-state index in [1.807, 2.05) is 28.8 Å². The summed E-state index contributed by atoms with van der Waals surface area (Å²) in [6.07, 6.45) is -1.66. The number of hydrogen-bond donors (Lipinski definition) is 0. The van der Waals surface area contributed by atoms with Crippen LogP contribution in [0.25, 0.3) is 11.0 Å². The minimum atomic E-state index is -4.32. The summed E-state index contributed by atoms with van der Waals surface area (Å²) in [5, 5.41) is 0.543. The van der Waals surface area contributed by atoms with Gasteiger partial charge in [0.2, 0.25) is 0 Å². The lowest BCUT2D eigenvalue weighted by Crippen LogP contribution is -2.64. The van der Waals surface area contributed by atoms with Crippen LogP contribution >= 0.6 is 11.6 Å². The number of Topliss-reactive ketones (excluding diaryl/α,β-unsaturated/α-hetero) is 1. The van der Waals surface area contributed by atoms with Crippen LogP contribution in [0.5, 0.6) is 0 Å². The van der Waals surface area contributed by atoms with E-state index in [1.54, 1.807) is 18.2 Å². The zero-order valence-electron chi connectivity index (χ0n) is 20.7. The Labute approximate surface area is 219 Å². The molecule has 0 N–H and O–H groups in total. The normalized spacial score (nSPS) is 16.2. The van der Waals surface area contributed by atoms with Crippen LogP contribution in [-0.2, 0) is 39.4 Å². The number of likely N-dealkylation sites (tertiary alicyclic amines) is 1. The number of rotatable bonds is 10. The van der Waals surface area contributed by atoms with Gasteiger partial charge in [0.15, 0.2) is 0 Å². The second kappa shape index (κ2) is 10.4. The SMILES string of the molecule is CC(=O)C1(c2ccccc2CCc2nc3cc(Cl)ccc3n2CCCS(C)(=O)=O)CN(CC(F)(F)F)C1. The Morgan fingerprint density at radius 1 is 1.14 bits per heavy atom. The van der Waals surface area contributed by atoms with Crippen molar-refractivity contribution in [2.45, 2.75) is 44.3 Å². The molecule has 11 heteroatoms. The lowest BCUT2D eigenvalue weighted by atomic mass is 9.69. The molecule has 0 radical (unpaired) electrons. The van der Waals surface area contributed by atoms with Gasteiger partial charge in [0.1, 0.15) is 21.4 Å². The predicted molar refractivity (Wildman–Crippen MR) is 138 cm³/mol. The predicted octanol–water partition coefficient (Wildman–Crippen LogP) is 4.61. The Morgan fingerprint density at radius 2 is 1.84 bits per heavy atom. The number of aromatic nitrogens is 2. The van der Waals surface area contributed by atoms with Gasteiger partial charge in [-0.1, -0.05) is 35.9 Å². The van der Waals surface area contributed by atoms with Gasteiger partial charge in [-0.05, 0) is 49.1 Å². The summed E-state index contributed by atoms with van der Waals surface area (Å²) in [6.45, 7) is 0.922. The largest absolute Gasteiger partial charge is 0.401 e. The Bertz CT molecular complexity index is 1410. The molecule has 0 atom stereocenters. The number of halogens is 4. The van der Waals surface area contributed by atoms with Gasteiger partial charge in [0.05, 0.1) is 28.7 Å². The molecule has 1 aliphatic rings. The maximum atomic E-state index is 12.9. The average molecular weight is 556 g/mol. The number of ketones is 1. The van der Waals surface area contributed by atoms with Gasteiger partial charge in [0.25, 0.3) is 0 Å². The zero-order chi connectivity index (χ0) is 27.0. The van der Waals surface area contributed by atoms with Crippen LogP contribution in [0.1, 0.15) is 30.3 Å². The molecule has 0 spiro atoms. The van der Waals surface area contributed by atoms with Crippen molar-refractivity contribution in [3.05, 3.63) is 64.4 Å². The van der Waals surface area contributed by atoms with Crippen LogP contribution in [0.15, 0.2) is 42.5 Å². The molecule has 0 amide bonds. The number of nitrogens with zero attached hydrogens (tertiary/aromatic N) is 3. The summed E-state index contributed by atoms with van der Waals surface area (Å²) in [6, 6.07) is 12.8. The van der Waals surface area contributed by atoms with Crippen molar-refractivity contribution in [1.82, 2.24) is 14.5 Å². The quantitative estimate of drug-likeness (QED) is 0.365. The summed E-state index contributed by atoms with van der Waals surface area (Å²) in [5.74, 6) is 0.656. The molecule has 1 saturated heterocycles. The third-order valence-corrected chi connectivity index (χ3v) is 8.17. The molecule has 0 unspecified atom stereocenters. The first-order valence-electron chi connectivity index (χ1n) is 12.0. The molecule has 200 valence electrons. The minimum absolute atomic E-state index is 0.0291. The van der Waals surface area contributed by atoms with E-state index < -0.39 is 28.0 Å². The Balaban J connectivity index is 1.59. The number of sulfone groups is 1. The second-order valence-corrected chi connectivity index (χ2v) is 12.5. The highest BCUT2D eigenvalue weighted by Crippen LogP contribution is 2.39. The Hall–Kier alpha value is -2.43. The summed E-state index contributed by atoms with van der Waals surface area (Å²) >= 11 is 6.16. The molecule has 1 aromatic heterocycles. The molecule has 0 aliphatic carbocycles. The van der Waals surface area contributed by atoms with E-state index in [-0.39, 0.29) is 24.6 Å². The van der Waals surface area contributed by atoms with Crippen LogP contribution in [0.3, 0.4) is 0 Å². The van der Waals surface area contributed by atoms with E-state index >= 15 is 0 Å². The van der Waals surface area contributed by atoms with E-state index in [0.29, 0.717) is 36.3 Å². The molecule has 37 heavy (non-hydrogen) atoms. The average Bonchev–Trinajstić information content (AvgIpc) is 3.09. The van der Waals surface area contributed by atoms with Crippen molar-refractivity contribution < 1.29 is 26.4 Å². The lowest BCUT2D eigenvalue weighted by molar-refractivity contribution is -0.165. The smallest absolute Gasteiger partial charge is 0.328 e. The number of carbonyl (C=O) groups is 1. The molecule has 1 fully saturated rings. The lowest BCUT2D eigenvalue weighted by Gasteiger charge is -2.49. The topological polar surface area (TPSA) is 72.3 Å². The van der Waals surface area contributed by atoms with Gasteiger partial charge in [-0.2, -0.15) is 13.2 Å². The maximum Gasteiger partial charge on any atom is 0.401 e. The fourth-order valence-corrected chi connectivity index (χ4v) is 6.01. The van der Waals surface area contributed by atoms with Gasteiger partial charge in [-0.25, -0.2) is 13.4 Å². The van der Waals surface area contributed by atoms with E-state index in [9.17, 15) is 26.4 Å². The van der Waals surface area contributed by atoms with E-state index in [0.717, 1.165) is 22.5 Å². The van der Waals surface area contributed by atoms with Gasteiger partial charge in [0, 0.05) is 37.3 Å². The van der Waals surface area contributed by atoms with Gasteiger partial charge >= 0.3 is 6.18 Å². The zero-order valence-corrected chi connectivity index (χ0v) is 22.3. The first kappa shape index (κ1) is 27.6. The number of carbonyl (C=O) groups excluding carboxylic acids is 1. The standard InChI is InChI=1S/C26H29ClF3N3O3S/c1-18(34)25(15-32(16-25)17-26(28,29)30)21-7-4-3-6-19(21)8-11-24-31-22-14-20(27)9-10-23(22)33(24)12-5-13-37(2,35)36/h3-4,6-7,9-10,14H,5,8,11-13,15-17H2,1-2H3. The van der Waals surface area contributed by atoms with Crippen molar-refractivity contribution in [2.75, 3.05) is 31.6 Å². The Kier molecular flexibility index (Phi) is 7.74. The van der Waals surface area contributed by atoms with E-state index in [2.05, 4.69) is 0 Å². The highest BCUT2D eigenvalue weighted by molar-refractivity contribution is 7.90. The molecule has 0 saturated carbocycles. The molecule has 2 heterocycles. The summed E-state index contributed by atoms with van der Waals surface area (Å²) in [5.41, 5.74) is 2.23. The molecule has 4 rings (SSSR count). The third kappa shape index (κ3) is 6.35. The van der Waals surface area contributed by atoms with E-state index in [1.165, 1.54) is 18.1 Å². The highest BCUT2D eigenvalue weighted by atomic mass is 35.5. The number of imidazole rings is 1. The number of benzene rings is 2. The first-order chi connectivity index (χ1) is 17.3. The fourth-order valence-electron chi connectivity index (χ4n) is 5.19. The van der Waals surface area contributed by atoms with Gasteiger partial charge < -0.3 is 4.57 Å². The Morgan fingerprint density at radius 3 is 2.49 bits per heavy atom. The number of fused-ring (bicyclic) bond motifs is 1.